The predicted molar refractivity (Wildman–Crippen MR) is 82.0 cm³/mol. The van der Waals surface area contributed by atoms with Crippen LogP contribution in [0, 0.1) is 11.6 Å². The Morgan fingerprint density at radius 3 is 2.67 bits per heavy atom. The molecule has 0 aliphatic carbocycles. The van der Waals surface area contributed by atoms with Crippen molar-refractivity contribution in [3.05, 3.63) is 51.3 Å². The van der Waals surface area contributed by atoms with Gasteiger partial charge in [0.15, 0.2) is 0 Å². The maximum Gasteiger partial charge on any atom is 0.128 e. The molecule has 6 heteroatoms. The molecule has 3 nitrogen and oxygen atoms in total. The van der Waals surface area contributed by atoms with Crippen LogP contribution in [0.25, 0.3) is 0 Å². The number of halogens is 3. The molecular weight excluding hydrogens is 340 g/mol. The molecule has 21 heavy (non-hydrogen) atoms. The van der Waals surface area contributed by atoms with Crippen LogP contribution in [-0.4, -0.2) is 9.78 Å². The van der Waals surface area contributed by atoms with Crippen molar-refractivity contribution >= 4 is 15.9 Å². The SMILES string of the molecule is CCc1nn(CC)c(CC(N)c2cc(F)ccc2F)c1Br. The molecule has 0 bridgehead atoms. The lowest BCUT2D eigenvalue weighted by Gasteiger charge is -2.14. The standard InChI is InChI=1S/C15H18BrF2N3/c1-3-13-15(16)14(21(4-2)20-13)8-12(19)10-7-9(17)5-6-11(10)18/h5-7,12H,3-4,8,19H2,1-2H3. The van der Waals surface area contributed by atoms with Gasteiger partial charge >= 0.3 is 0 Å². The molecule has 0 saturated carbocycles. The zero-order valence-electron chi connectivity index (χ0n) is 12.0. The Balaban J connectivity index is 2.33. The molecule has 0 spiro atoms. The molecule has 1 unspecified atom stereocenters. The molecule has 1 heterocycles. The third kappa shape index (κ3) is 3.32. The van der Waals surface area contributed by atoms with E-state index in [1.807, 2.05) is 18.5 Å². The number of nitrogens with zero attached hydrogens (tertiary/aromatic N) is 2. The normalized spacial score (nSPS) is 12.7. The van der Waals surface area contributed by atoms with Gasteiger partial charge in [0.2, 0.25) is 0 Å². The van der Waals surface area contributed by atoms with Crippen LogP contribution in [0.15, 0.2) is 22.7 Å². The molecule has 0 amide bonds. The fraction of sp³-hybridized carbons (Fsp3) is 0.400. The number of aryl methyl sites for hydroxylation is 2. The first-order valence-electron chi connectivity index (χ1n) is 6.92. The second kappa shape index (κ2) is 6.66. The quantitative estimate of drug-likeness (QED) is 0.885. The Hall–Kier alpha value is -1.27. The molecule has 0 saturated heterocycles. The molecule has 114 valence electrons. The first-order valence-corrected chi connectivity index (χ1v) is 7.71. The maximum atomic E-state index is 13.8. The fourth-order valence-corrected chi connectivity index (χ4v) is 3.06. The van der Waals surface area contributed by atoms with Gasteiger partial charge in [0.1, 0.15) is 11.6 Å². The minimum atomic E-state index is -0.622. The Labute approximate surface area is 131 Å². The lowest BCUT2D eigenvalue weighted by atomic mass is 10.0. The first kappa shape index (κ1) is 16.1. The van der Waals surface area contributed by atoms with Crippen LogP contribution in [0.1, 0.15) is 36.8 Å². The van der Waals surface area contributed by atoms with E-state index in [9.17, 15) is 8.78 Å². The number of hydrogen-bond donors (Lipinski definition) is 1. The number of hydrogen-bond acceptors (Lipinski definition) is 2. The second-order valence-electron chi connectivity index (χ2n) is 4.85. The van der Waals surface area contributed by atoms with Gasteiger partial charge in [-0.2, -0.15) is 5.10 Å². The summed E-state index contributed by atoms with van der Waals surface area (Å²) < 4.78 is 29.8. The summed E-state index contributed by atoms with van der Waals surface area (Å²) in [5.41, 5.74) is 8.11. The minimum Gasteiger partial charge on any atom is -0.324 e. The van der Waals surface area contributed by atoms with Gasteiger partial charge in [-0.25, -0.2) is 8.78 Å². The van der Waals surface area contributed by atoms with E-state index >= 15 is 0 Å². The van der Waals surface area contributed by atoms with E-state index in [0.29, 0.717) is 13.0 Å². The van der Waals surface area contributed by atoms with E-state index in [-0.39, 0.29) is 5.56 Å². The van der Waals surface area contributed by atoms with Crippen molar-refractivity contribution < 1.29 is 8.78 Å². The van der Waals surface area contributed by atoms with Crippen LogP contribution >= 0.6 is 15.9 Å². The van der Waals surface area contributed by atoms with Crippen molar-refractivity contribution in [3.8, 4) is 0 Å². The summed E-state index contributed by atoms with van der Waals surface area (Å²) in [4.78, 5) is 0. The van der Waals surface area contributed by atoms with Crippen LogP contribution in [0.2, 0.25) is 0 Å². The zero-order valence-corrected chi connectivity index (χ0v) is 13.6. The average Bonchev–Trinajstić information content (AvgIpc) is 2.77. The highest BCUT2D eigenvalue weighted by atomic mass is 79.9. The summed E-state index contributed by atoms with van der Waals surface area (Å²) in [7, 11) is 0. The van der Waals surface area contributed by atoms with Crippen LogP contribution in [0.4, 0.5) is 8.78 Å². The Kier molecular flexibility index (Phi) is 5.11. The van der Waals surface area contributed by atoms with Gasteiger partial charge in [-0.05, 0) is 47.5 Å². The van der Waals surface area contributed by atoms with Crippen molar-refractivity contribution in [3.63, 3.8) is 0 Å². The van der Waals surface area contributed by atoms with Crippen LogP contribution < -0.4 is 5.73 Å². The lowest BCUT2D eigenvalue weighted by Crippen LogP contribution is -2.18. The Morgan fingerprint density at radius 2 is 2.05 bits per heavy atom. The summed E-state index contributed by atoms with van der Waals surface area (Å²) >= 11 is 3.53. The van der Waals surface area contributed by atoms with E-state index in [0.717, 1.165) is 40.5 Å². The zero-order chi connectivity index (χ0) is 15.6. The van der Waals surface area contributed by atoms with Gasteiger partial charge in [-0.3, -0.25) is 4.68 Å². The number of aromatic nitrogens is 2. The highest BCUT2D eigenvalue weighted by molar-refractivity contribution is 9.10. The number of rotatable bonds is 5. The summed E-state index contributed by atoms with van der Waals surface area (Å²) in [5.74, 6) is -0.975. The molecule has 0 aliphatic rings. The third-order valence-electron chi connectivity index (χ3n) is 3.46. The van der Waals surface area contributed by atoms with E-state index in [1.165, 1.54) is 0 Å². The molecule has 2 N–H and O–H groups in total. The molecule has 0 aliphatic heterocycles. The van der Waals surface area contributed by atoms with Crippen molar-refractivity contribution in [1.29, 1.82) is 0 Å². The topological polar surface area (TPSA) is 43.8 Å². The number of nitrogens with two attached hydrogens (primary N) is 1. The van der Waals surface area contributed by atoms with E-state index in [4.69, 9.17) is 5.73 Å². The monoisotopic (exact) mass is 357 g/mol. The van der Waals surface area contributed by atoms with E-state index in [1.54, 1.807) is 0 Å². The fourth-order valence-electron chi connectivity index (χ4n) is 2.33. The molecule has 1 aromatic heterocycles. The highest BCUT2D eigenvalue weighted by Gasteiger charge is 2.19. The molecule has 1 aromatic carbocycles. The van der Waals surface area contributed by atoms with E-state index < -0.39 is 17.7 Å². The van der Waals surface area contributed by atoms with Gasteiger partial charge in [0.25, 0.3) is 0 Å². The van der Waals surface area contributed by atoms with Crippen LogP contribution in [0.3, 0.4) is 0 Å². The molecule has 1 atom stereocenters. The van der Waals surface area contributed by atoms with Gasteiger partial charge < -0.3 is 5.73 Å². The molecule has 0 radical (unpaired) electrons. The van der Waals surface area contributed by atoms with Gasteiger partial charge in [0, 0.05) is 24.6 Å². The maximum absolute atomic E-state index is 13.8. The highest BCUT2D eigenvalue weighted by Crippen LogP contribution is 2.27. The van der Waals surface area contributed by atoms with Gasteiger partial charge in [-0.15, -0.1) is 0 Å². The van der Waals surface area contributed by atoms with Crippen LogP contribution in [-0.2, 0) is 19.4 Å². The molecule has 2 aromatic rings. The van der Waals surface area contributed by atoms with E-state index in [2.05, 4.69) is 21.0 Å². The smallest absolute Gasteiger partial charge is 0.128 e. The summed E-state index contributed by atoms with van der Waals surface area (Å²) in [6, 6.07) is 2.73. The molecule has 0 fully saturated rings. The molecule has 2 rings (SSSR count). The van der Waals surface area contributed by atoms with Crippen molar-refractivity contribution in [2.75, 3.05) is 0 Å². The summed E-state index contributed by atoms with van der Waals surface area (Å²) in [6.07, 6.45) is 1.19. The van der Waals surface area contributed by atoms with Crippen LogP contribution in [0.5, 0.6) is 0 Å². The van der Waals surface area contributed by atoms with Crippen molar-refractivity contribution in [1.82, 2.24) is 9.78 Å². The predicted octanol–water partition coefficient (Wildman–Crippen LogP) is 3.75. The largest absolute Gasteiger partial charge is 0.324 e. The number of benzene rings is 1. The summed E-state index contributed by atoms with van der Waals surface area (Å²) in [6.45, 7) is 4.70. The van der Waals surface area contributed by atoms with Crippen molar-refractivity contribution in [2.45, 2.75) is 39.3 Å². The summed E-state index contributed by atoms with van der Waals surface area (Å²) in [5, 5.41) is 4.48. The second-order valence-corrected chi connectivity index (χ2v) is 5.65. The Bertz CT molecular complexity index is 640. The van der Waals surface area contributed by atoms with Crippen molar-refractivity contribution in [2.24, 2.45) is 5.73 Å². The molecular formula is C15H18BrF2N3. The Morgan fingerprint density at radius 1 is 1.33 bits per heavy atom. The lowest BCUT2D eigenvalue weighted by molar-refractivity contribution is 0.543. The van der Waals surface area contributed by atoms with Gasteiger partial charge in [0.05, 0.1) is 15.9 Å². The van der Waals surface area contributed by atoms with Gasteiger partial charge in [-0.1, -0.05) is 6.92 Å². The third-order valence-corrected chi connectivity index (χ3v) is 4.38. The average molecular weight is 358 g/mol. The minimum absolute atomic E-state index is 0.184. The first-order chi connectivity index (χ1) is 9.97.